The Hall–Kier alpha value is -0.680. The summed E-state index contributed by atoms with van der Waals surface area (Å²) in [6.45, 7) is 11.4. The number of hydrogen-bond donors (Lipinski definition) is 4. The van der Waals surface area contributed by atoms with E-state index in [4.69, 9.17) is 20.4 Å². The molecule has 2 aliphatic rings. The fourth-order valence-corrected chi connectivity index (χ4v) is 1.62. The van der Waals surface area contributed by atoms with Crippen LogP contribution in [0.5, 0.6) is 0 Å². The maximum Gasteiger partial charge on any atom is 0.0614 e. The standard InChI is InChI=1S/2C5H10O.C5H12.2C4H8O.4CH4/c6-4-5-2-1-3-5;1-5(2)3-4-6;1-3-5-4-2;5-3-4-1-2-4;1-2-3-4-5;;;;/h5-6H,1-4H2;3,6H,4H2,1-2H3;3-5H2,1-2H3;4-5H,1-3H2;2-3,5H,4H2,1H3;4*1H4/b;;;;3-2+;;;;. The predicted molar refractivity (Wildman–Crippen MR) is 145 cm³/mol. The molecule has 0 aliphatic heterocycles. The van der Waals surface area contributed by atoms with E-state index in [1.165, 1.54) is 51.4 Å². The minimum absolute atomic E-state index is 0. The van der Waals surface area contributed by atoms with Crippen molar-refractivity contribution in [2.24, 2.45) is 11.8 Å². The van der Waals surface area contributed by atoms with Crippen LogP contribution in [0.1, 0.15) is 116 Å². The highest BCUT2D eigenvalue weighted by Gasteiger charge is 2.18. The molecule has 2 aliphatic carbocycles. The summed E-state index contributed by atoms with van der Waals surface area (Å²) >= 11 is 0. The van der Waals surface area contributed by atoms with Gasteiger partial charge in [-0.2, -0.15) is 0 Å². The Morgan fingerprint density at radius 1 is 0.742 bits per heavy atom. The van der Waals surface area contributed by atoms with Gasteiger partial charge in [-0.15, -0.1) is 0 Å². The molecular formula is C27H64O4. The molecule has 4 nitrogen and oxygen atoms in total. The van der Waals surface area contributed by atoms with Gasteiger partial charge in [0.05, 0.1) is 13.2 Å². The molecule has 0 amide bonds. The van der Waals surface area contributed by atoms with E-state index in [2.05, 4.69) is 13.8 Å². The SMILES string of the molecule is C.C.C.C.C/C=C/CO.CC(C)=CCO.CCCCC.OCC1CC1.OCC1CCC1. The Labute approximate surface area is 198 Å². The first kappa shape index (κ1) is 47.9. The third-order valence-electron chi connectivity index (χ3n) is 3.99. The molecule has 2 rings (SSSR count). The van der Waals surface area contributed by atoms with E-state index in [9.17, 15) is 0 Å². The summed E-state index contributed by atoms with van der Waals surface area (Å²) in [7, 11) is 0. The minimum atomic E-state index is 0. The molecule has 0 aromatic carbocycles. The van der Waals surface area contributed by atoms with Gasteiger partial charge in [0.15, 0.2) is 0 Å². The van der Waals surface area contributed by atoms with Crippen LogP contribution >= 0.6 is 0 Å². The fourth-order valence-electron chi connectivity index (χ4n) is 1.62. The molecule has 0 aromatic heterocycles. The number of unbranched alkanes of at least 4 members (excludes halogenated alkanes) is 2. The van der Waals surface area contributed by atoms with Crippen molar-refractivity contribution in [1.82, 2.24) is 0 Å². The van der Waals surface area contributed by atoms with Crippen molar-refractivity contribution in [2.75, 3.05) is 26.4 Å². The van der Waals surface area contributed by atoms with Crippen LogP contribution in [0.2, 0.25) is 0 Å². The molecular weight excluding hydrogens is 388 g/mol. The number of rotatable bonds is 6. The summed E-state index contributed by atoms with van der Waals surface area (Å²) in [6, 6.07) is 0. The monoisotopic (exact) mass is 452 g/mol. The van der Waals surface area contributed by atoms with E-state index in [0.717, 1.165) is 5.57 Å². The summed E-state index contributed by atoms with van der Waals surface area (Å²) in [5, 5.41) is 32.7. The second-order valence-electron chi connectivity index (χ2n) is 7.17. The number of aliphatic hydroxyl groups excluding tert-OH is 4. The molecule has 2 saturated carbocycles. The Balaban J connectivity index is -0.0000000451. The zero-order valence-corrected chi connectivity index (χ0v) is 18.7. The van der Waals surface area contributed by atoms with Crippen LogP contribution in [0.3, 0.4) is 0 Å². The lowest BCUT2D eigenvalue weighted by Crippen LogP contribution is -2.14. The molecule has 4 heteroatoms. The highest BCUT2D eigenvalue weighted by molar-refractivity contribution is 4.91. The maximum atomic E-state index is 8.39. The minimum Gasteiger partial charge on any atom is -0.396 e. The van der Waals surface area contributed by atoms with Crippen molar-refractivity contribution in [3.05, 3.63) is 23.8 Å². The molecule has 0 aromatic rings. The molecule has 0 radical (unpaired) electrons. The van der Waals surface area contributed by atoms with Crippen LogP contribution in [-0.4, -0.2) is 46.9 Å². The van der Waals surface area contributed by atoms with Gasteiger partial charge >= 0.3 is 0 Å². The van der Waals surface area contributed by atoms with E-state index in [-0.39, 0.29) is 42.9 Å². The smallest absolute Gasteiger partial charge is 0.0614 e. The summed E-state index contributed by atoms with van der Waals surface area (Å²) < 4.78 is 0. The number of aliphatic hydroxyl groups is 4. The second-order valence-corrected chi connectivity index (χ2v) is 7.17. The van der Waals surface area contributed by atoms with Crippen molar-refractivity contribution < 1.29 is 20.4 Å². The average molecular weight is 453 g/mol. The Kier molecular flexibility index (Phi) is 66.9. The Morgan fingerprint density at radius 3 is 1.16 bits per heavy atom. The van der Waals surface area contributed by atoms with Gasteiger partial charge in [0.25, 0.3) is 0 Å². The summed E-state index contributed by atoms with van der Waals surface area (Å²) in [5.74, 6) is 1.36. The van der Waals surface area contributed by atoms with Crippen molar-refractivity contribution in [2.45, 2.75) is 116 Å². The highest BCUT2D eigenvalue weighted by Crippen LogP contribution is 2.27. The molecule has 0 saturated heterocycles. The highest BCUT2D eigenvalue weighted by atomic mass is 16.3. The lowest BCUT2D eigenvalue weighted by molar-refractivity contribution is 0.163. The van der Waals surface area contributed by atoms with Gasteiger partial charge < -0.3 is 20.4 Å². The van der Waals surface area contributed by atoms with Crippen LogP contribution < -0.4 is 0 Å². The Morgan fingerprint density at radius 2 is 1.16 bits per heavy atom. The zero-order valence-electron chi connectivity index (χ0n) is 18.7. The largest absolute Gasteiger partial charge is 0.396 e. The molecule has 2 fully saturated rings. The molecule has 31 heavy (non-hydrogen) atoms. The molecule has 196 valence electrons. The molecule has 0 atom stereocenters. The van der Waals surface area contributed by atoms with Gasteiger partial charge in [0.2, 0.25) is 0 Å². The lowest BCUT2D eigenvalue weighted by Gasteiger charge is -2.21. The quantitative estimate of drug-likeness (QED) is 0.316. The molecule has 4 N–H and O–H groups in total. The van der Waals surface area contributed by atoms with E-state index >= 15 is 0 Å². The predicted octanol–water partition coefficient (Wildman–Crippen LogP) is 7.41. The molecule has 0 spiro atoms. The van der Waals surface area contributed by atoms with Crippen molar-refractivity contribution >= 4 is 0 Å². The van der Waals surface area contributed by atoms with Crippen molar-refractivity contribution in [1.29, 1.82) is 0 Å². The second kappa shape index (κ2) is 43.2. The average Bonchev–Trinajstić information content (AvgIpc) is 3.42. The summed E-state index contributed by atoms with van der Waals surface area (Å²) in [6.07, 6.45) is 15.7. The first-order valence-corrected chi connectivity index (χ1v) is 10.6. The van der Waals surface area contributed by atoms with Crippen LogP contribution in [0.15, 0.2) is 23.8 Å². The van der Waals surface area contributed by atoms with Gasteiger partial charge in [-0.3, -0.25) is 0 Å². The third-order valence-corrected chi connectivity index (χ3v) is 3.99. The zero-order chi connectivity index (χ0) is 21.3. The van der Waals surface area contributed by atoms with Crippen LogP contribution in [0.4, 0.5) is 0 Å². The fraction of sp³-hybridized carbons (Fsp3) is 0.852. The maximum absolute atomic E-state index is 8.39. The molecule has 0 heterocycles. The number of allylic oxidation sites excluding steroid dienone is 2. The summed E-state index contributed by atoms with van der Waals surface area (Å²) in [5.41, 5.74) is 1.16. The first-order chi connectivity index (χ1) is 13.0. The normalized spacial score (nSPS) is 12.8. The van der Waals surface area contributed by atoms with E-state index in [0.29, 0.717) is 25.0 Å². The first-order valence-electron chi connectivity index (χ1n) is 10.6. The van der Waals surface area contributed by atoms with Crippen LogP contribution in [-0.2, 0) is 0 Å². The molecule has 0 bridgehead atoms. The summed E-state index contributed by atoms with van der Waals surface area (Å²) in [4.78, 5) is 0. The van der Waals surface area contributed by atoms with Gasteiger partial charge in [-0.25, -0.2) is 0 Å². The van der Waals surface area contributed by atoms with Gasteiger partial charge in [0.1, 0.15) is 0 Å². The molecule has 0 unspecified atom stereocenters. The van der Waals surface area contributed by atoms with Gasteiger partial charge in [0, 0.05) is 13.2 Å². The van der Waals surface area contributed by atoms with E-state index in [1.54, 1.807) is 18.2 Å². The lowest BCUT2D eigenvalue weighted by atomic mass is 9.86. The third kappa shape index (κ3) is 58.6. The van der Waals surface area contributed by atoms with Crippen LogP contribution in [0.25, 0.3) is 0 Å². The topological polar surface area (TPSA) is 80.9 Å². The van der Waals surface area contributed by atoms with Crippen molar-refractivity contribution in [3.8, 4) is 0 Å². The van der Waals surface area contributed by atoms with Gasteiger partial charge in [-0.1, -0.05) is 93.0 Å². The van der Waals surface area contributed by atoms with Crippen LogP contribution in [0, 0.1) is 11.8 Å². The van der Waals surface area contributed by atoms with E-state index < -0.39 is 0 Å². The van der Waals surface area contributed by atoms with E-state index in [1.807, 2.05) is 20.8 Å². The Bertz CT molecular complexity index is 298. The van der Waals surface area contributed by atoms with Gasteiger partial charge in [-0.05, 0) is 58.3 Å². The van der Waals surface area contributed by atoms with Crippen molar-refractivity contribution in [3.63, 3.8) is 0 Å². The number of hydrogen-bond acceptors (Lipinski definition) is 4.